The maximum absolute atomic E-state index is 11.4. The van der Waals surface area contributed by atoms with E-state index in [-0.39, 0.29) is 5.91 Å². The van der Waals surface area contributed by atoms with Crippen molar-refractivity contribution in [2.45, 2.75) is 19.3 Å². The monoisotopic (exact) mass is 243 g/mol. The van der Waals surface area contributed by atoms with E-state index in [4.69, 9.17) is 18.0 Å². The topological polar surface area (TPSA) is 49.6 Å². The summed E-state index contributed by atoms with van der Waals surface area (Å²) >= 11 is 5.02. The fourth-order valence-electron chi connectivity index (χ4n) is 1.97. The molecule has 5 heteroatoms. The fraction of sp³-hybridized carbons (Fsp3) is 0.818. The zero-order chi connectivity index (χ0) is 12.1. The van der Waals surface area contributed by atoms with Crippen LogP contribution in [0.25, 0.3) is 0 Å². The molecule has 1 aliphatic rings. The van der Waals surface area contributed by atoms with Crippen molar-refractivity contribution in [3.05, 3.63) is 0 Å². The molecule has 0 radical (unpaired) electrons. The van der Waals surface area contributed by atoms with Crippen LogP contribution in [0.2, 0.25) is 0 Å². The van der Waals surface area contributed by atoms with E-state index in [0.717, 1.165) is 32.5 Å². The zero-order valence-electron chi connectivity index (χ0n) is 10.1. The van der Waals surface area contributed by atoms with E-state index in [1.54, 1.807) is 19.0 Å². The molecule has 1 fully saturated rings. The molecule has 0 aromatic carbocycles. The molecule has 0 saturated carbocycles. The third kappa shape index (κ3) is 4.06. The number of carbonyl (C=O) groups is 1. The number of amides is 1. The standard InChI is InChI=1S/C11H21N3OS/c1-13(2)10(15)5-7-14-6-3-4-9(8-14)11(12)16/h9H,3-8H2,1-2H3,(H2,12,16). The van der Waals surface area contributed by atoms with Crippen LogP contribution < -0.4 is 5.73 Å². The normalized spacial score (nSPS) is 21.8. The highest BCUT2D eigenvalue weighted by Crippen LogP contribution is 2.16. The van der Waals surface area contributed by atoms with Crippen molar-refractivity contribution in [3.8, 4) is 0 Å². The SMILES string of the molecule is CN(C)C(=O)CCN1CCCC(C(N)=S)C1. The van der Waals surface area contributed by atoms with Crippen molar-refractivity contribution in [2.24, 2.45) is 11.7 Å². The first kappa shape index (κ1) is 13.4. The number of thiocarbonyl (C=S) groups is 1. The van der Waals surface area contributed by atoms with Crippen molar-refractivity contribution >= 4 is 23.1 Å². The van der Waals surface area contributed by atoms with Gasteiger partial charge in [-0.2, -0.15) is 0 Å². The van der Waals surface area contributed by atoms with E-state index in [9.17, 15) is 4.79 Å². The minimum atomic E-state index is 0.178. The summed E-state index contributed by atoms with van der Waals surface area (Å²) in [5, 5.41) is 0. The number of nitrogens with zero attached hydrogens (tertiary/aromatic N) is 2. The van der Waals surface area contributed by atoms with Gasteiger partial charge in [-0.15, -0.1) is 0 Å². The predicted octanol–water partition coefficient (Wildman–Crippen LogP) is 0.463. The Bertz CT molecular complexity index is 268. The average Bonchev–Trinajstić information content (AvgIpc) is 2.26. The maximum atomic E-state index is 11.4. The number of rotatable bonds is 4. The summed E-state index contributed by atoms with van der Waals surface area (Å²) in [4.78, 5) is 16.0. The number of hydrogen-bond acceptors (Lipinski definition) is 3. The lowest BCUT2D eigenvalue weighted by molar-refractivity contribution is -0.129. The highest BCUT2D eigenvalue weighted by atomic mass is 32.1. The zero-order valence-corrected chi connectivity index (χ0v) is 10.9. The Morgan fingerprint density at radius 2 is 2.25 bits per heavy atom. The Hall–Kier alpha value is -0.680. The molecular weight excluding hydrogens is 222 g/mol. The van der Waals surface area contributed by atoms with Crippen molar-refractivity contribution in [1.82, 2.24) is 9.80 Å². The summed E-state index contributed by atoms with van der Waals surface area (Å²) in [7, 11) is 3.58. The van der Waals surface area contributed by atoms with Gasteiger partial charge in [0.25, 0.3) is 0 Å². The first-order valence-electron chi connectivity index (χ1n) is 5.72. The van der Waals surface area contributed by atoms with E-state index in [2.05, 4.69) is 4.90 Å². The van der Waals surface area contributed by atoms with Gasteiger partial charge in [0.05, 0.1) is 4.99 Å². The molecule has 1 rings (SSSR count). The molecule has 0 aromatic heterocycles. The van der Waals surface area contributed by atoms with E-state index in [0.29, 0.717) is 17.3 Å². The second-order valence-electron chi connectivity index (χ2n) is 4.58. The molecule has 1 amide bonds. The van der Waals surface area contributed by atoms with E-state index in [1.165, 1.54) is 0 Å². The summed E-state index contributed by atoms with van der Waals surface area (Å²) < 4.78 is 0. The van der Waals surface area contributed by atoms with Crippen LogP contribution in [0.1, 0.15) is 19.3 Å². The Morgan fingerprint density at radius 1 is 1.56 bits per heavy atom. The van der Waals surface area contributed by atoms with E-state index in [1.807, 2.05) is 0 Å². The molecule has 0 spiro atoms. The molecule has 1 saturated heterocycles. The number of nitrogens with two attached hydrogens (primary N) is 1. The van der Waals surface area contributed by atoms with Gasteiger partial charge in [0.15, 0.2) is 0 Å². The smallest absolute Gasteiger partial charge is 0.223 e. The van der Waals surface area contributed by atoms with Crippen molar-refractivity contribution in [2.75, 3.05) is 33.7 Å². The molecule has 0 bridgehead atoms. The second-order valence-corrected chi connectivity index (χ2v) is 5.05. The van der Waals surface area contributed by atoms with Crippen LogP contribution in [-0.4, -0.2) is 54.4 Å². The first-order chi connectivity index (χ1) is 7.50. The Labute approximate surface area is 103 Å². The van der Waals surface area contributed by atoms with Crippen molar-refractivity contribution in [1.29, 1.82) is 0 Å². The van der Waals surface area contributed by atoms with Gasteiger partial charge in [-0.05, 0) is 19.4 Å². The van der Waals surface area contributed by atoms with Gasteiger partial charge < -0.3 is 15.5 Å². The van der Waals surface area contributed by atoms with Crippen LogP contribution in [0.4, 0.5) is 0 Å². The van der Waals surface area contributed by atoms with Gasteiger partial charge in [0, 0.05) is 39.5 Å². The Kier molecular flexibility index (Phi) is 5.15. The average molecular weight is 243 g/mol. The highest BCUT2D eigenvalue weighted by molar-refractivity contribution is 7.80. The summed E-state index contributed by atoms with van der Waals surface area (Å²) in [6.07, 6.45) is 2.79. The highest BCUT2D eigenvalue weighted by Gasteiger charge is 2.22. The number of piperidine rings is 1. The van der Waals surface area contributed by atoms with Gasteiger partial charge in [-0.1, -0.05) is 12.2 Å². The minimum absolute atomic E-state index is 0.178. The molecule has 1 atom stereocenters. The van der Waals surface area contributed by atoms with Crippen LogP contribution in [0.5, 0.6) is 0 Å². The third-order valence-electron chi connectivity index (χ3n) is 3.05. The molecule has 0 aliphatic carbocycles. The van der Waals surface area contributed by atoms with Gasteiger partial charge in [-0.25, -0.2) is 0 Å². The lowest BCUT2D eigenvalue weighted by atomic mass is 9.98. The molecule has 92 valence electrons. The number of hydrogen-bond donors (Lipinski definition) is 1. The van der Waals surface area contributed by atoms with Gasteiger partial charge in [-0.3, -0.25) is 4.79 Å². The third-order valence-corrected chi connectivity index (χ3v) is 3.38. The van der Waals surface area contributed by atoms with Gasteiger partial charge in [0.1, 0.15) is 0 Å². The Balaban J connectivity index is 2.32. The maximum Gasteiger partial charge on any atom is 0.223 e. The Morgan fingerprint density at radius 3 is 2.81 bits per heavy atom. The molecule has 2 N–H and O–H groups in total. The van der Waals surface area contributed by atoms with E-state index < -0.39 is 0 Å². The molecule has 4 nitrogen and oxygen atoms in total. The molecule has 16 heavy (non-hydrogen) atoms. The lowest BCUT2D eigenvalue weighted by Crippen LogP contribution is -2.41. The van der Waals surface area contributed by atoms with Gasteiger partial charge >= 0.3 is 0 Å². The van der Waals surface area contributed by atoms with Crippen LogP contribution in [0, 0.1) is 5.92 Å². The quantitative estimate of drug-likeness (QED) is 0.729. The molecule has 1 aliphatic heterocycles. The number of likely N-dealkylation sites (tertiary alicyclic amines) is 1. The summed E-state index contributed by atoms with van der Waals surface area (Å²) in [6, 6.07) is 0. The molecular formula is C11H21N3OS. The molecule has 1 heterocycles. The molecule has 0 aromatic rings. The van der Waals surface area contributed by atoms with Crippen molar-refractivity contribution < 1.29 is 4.79 Å². The van der Waals surface area contributed by atoms with Crippen molar-refractivity contribution in [3.63, 3.8) is 0 Å². The second kappa shape index (κ2) is 6.15. The fourth-order valence-corrected chi connectivity index (χ4v) is 2.16. The first-order valence-corrected chi connectivity index (χ1v) is 6.13. The minimum Gasteiger partial charge on any atom is -0.393 e. The predicted molar refractivity (Wildman–Crippen MR) is 69.3 cm³/mol. The van der Waals surface area contributed by atoms with Crippen LogP contribution in [0.15, 0.2) is 0 Å². The van der Waals surface area contributed by atoms with Crippen LogP contribution >= 0.6 is 12.2 Å². The van der Waals surface area contributed by atoms with Crippen LogP contribution in [0.3, 0.4) is 0 Å². The van der Waals surface area contributed by atoms with Gasteiger partial charge in [0.2, 0.25) is 5.91 Å². The summed E-state index contributed by atoms with van der Waals surface area (Å²) in [5.41, 5.74) is 5.66. The lowest BCUT2D eigenvalue weighted by Gasteiger charge is -2.32. The summed E-state index contributed by atoms with van der Waals surface area (Å²) in [5.74, 6) is 0.510. The van der Waals surface area contributed by atoms with E-state index >= 15 is 0 Å². The van der Waals surface area contributed by atoms with Crippen LogP contribution in [-0.2, 0) is 4.79 Å². The number of carbonyl (C=O) groups excluding carboxylic acids is 1. The largest absolute Gasteiger partial charge is 0.393 e. The summed E-state index contributed by atoms with van der Waals surface area (Å²) in [6.45, 7) is 2.78. The molecule has 1 unspecified atom stereocenters.